The summed E-state index contributed by atoms with van der Waals surface area (Å²) in [6.07, 6.45) is 0.922. The number of rotatable bonds is 2. The van der Waals surface area contributed by atoms with Crippen LogP contribution in [0.4, 0.5) is 13.2 Å². The molecule has 2 aromatic carbocycles. The molecule has 0 aliphatic heterocycles. The lowest BCUT2D eigenvalue weighted by Gasteiger charge is -2.13. The molecule has 0 saturated heterocycles. The van der Waals surface area contributed by atoms with Crippen LogP contribution in [0.2, 0.25) is 0 Å². The molecule has 0 amide bonds. The Labute approximate surface area is 115 Å². The van der Waals surface area contributed by atoms with Crippen molar-refractivity contribution >= 4 is 0 Å². The second-order valence-electron chi connectivity index (χ2n) is 4.14. The Hall–Kier alpha value is -2.41. The predicted molar refractivity (Wildman–Crippen MR) is 71.4 cm³/mol. The minimum Gasteiger partial charge on any atom is -0.496 e. The summed E-state index contributed by atoms with van der Waals surface area (Å²) in [5.74, 6) is 2.65. The molecule has 0 fully saturated rings. The van der Waals surface area contributed by atoms with Gasteiger partial charge in [-0.1, -0.05) is 24.1 Å². The maximum absolute atomic E-state index is 12.7. The maximum Gasteiger partial charge on any atom is 0.416 e. The van der Waals surface area contributed by atoms with Gasteiger partial charge in [0.2, 0.25) is 0 Å². The van der Waals surface area contributed by atoms with Crippen molar-refractivity contribution in [1.29, 1.82) is 0 Å². The Morgan fingerprint density at radius 2 is 1.85 bits per heavy atom. The summed E-state index contributed by atoms with van der Waals surface area (Å²) in [6.45, 7) is 0. The molecule has 20 heavy (non-hydrogen) atoms. The number of alkyl halides is 3. The van der Waals surface area contributed by atoms with Crippen LogP contribution >= 0.6 is 0 Å². The molecule has 102 valence electrons. The number of hydrogen-bond donors (Lipinski definition) is 0. The van der Waals surface area contributed by atoms with Crippen molar-refractivity contribution in [3.63, 3.8) is 0 Å². The zero-order valence-electron chi connectivity index (χ0n) is 10.7. The Balaban J connectivity index is 2.55. The molecule has 1 nitrogen and oxygen atoms in total. The molecule has 0 atom stereocenters. The third-order valence-electron chi connectivity index (χ3n) is 2.87. The number of ether oxygens (including phenoxy) is 1. The second-order valence-corrected chi connectivity index (χ2v) is 4.14. The number of benzene rings is 2. The maximum atomic E-state index is 12.7. The van der Waals surface area contributed by atoms with Gasteiger partial charge < -0.3 is 4.74 Å². The van der Waals surface area contributed by atoms with Gasteiger partial charge >= 0.3 is 6.18 Å². The lowest BCUT2D eigenvalue weighted by molar-refractivity contribution is -0.137. The zero-order valence-corrected chi connectivity index (χ0v) is 10.7. The van der Waals surface area contributed by atoms with Crippen LogP contribution in [0.25, 0.3) is 11.1 Å². The number of halogens is 3. The van der Waals surface area contributed by atoms with Gasteiger partial charge in [-0.3, -0.25) is 0 Å². The molecule has 0 spiro atoms. The topological polar surface area (TPSA) is 9.23 Å². The Morgan fingerprint density at radius 3 is 2.45 bits per heavy atom. The predicted octanol–water partition coefficient (Wildman–Crippen LogP) is 4.36. The van der Waals surface area contributed by atoms with E-state index in [1.165, 1.54) is 13.2 Å². The van der Waals surface area contributed by atoms with E-state index in [0.717, 1.165) is 12.1 Å². The van der Waals surface area contributed by atoms with Gasteiger partial charge in [-0.15, -0.1) is 6.42 Å². The molecule has 2 rings (SSSR count). The highest BCUT2D eigenvalue weighted by atomic mass is 19.4. The van der Waals surface area contributed by atoms with E-state index in [1.54, 1.807) is 24.3 Å². The zero-order chi connectivity index (χ0) is 14.8. The fourth-order valence-electron chi connectivity index (χ4n) is 1.88. The molecule has 4 heteroatoms. The van der Waals surface area contributed by atoms with Crippen molar-refractivity contribution in [2.24, 2.45) is 0 Å². The van der Waals surface area contributed by atoms with Crippen LogP contribution in [-0.2, 0) is 6.18 Å². The van der Waals surface area contributed by atoms with Gasteiger partial charge in [-0.05, 0) is 29.8 Å². The first kappa shape index (κ1) is 14.0. The fourth-order valence-corrected chi connectivity index (χ4v) is 1.88. The van der Waals surface area contributed by atoms with Gasteiger partial charge in [-0.25, -0.2) is 0 Å². The third-order valence-corrected chi connectivity index (χ3v) is 2.87. The van der Waals surface area contributed by atoms with E-state index < -0.39 is 11.7 Å². The molecule has 0 radical (unpaired) electrons. The van der Waals surface area contributed by atoms with Gasteiger partial charge in [0.1, 0.15) is 5.75 Å². The quantitative estimate of drug-likeness (QED) is 0.740. The third kappa shape index (κ3) is 2.77. The molecule has 0 N–H and O–H groups in total. The smallest absolute Gasteiger partial charge is 0.416 e. The number of methoxy groups -OCH3 is 1. The van der Waals surface area contributed by atoms with Gasteiger partial charge in [0.05, 0.1) is 12.7 Å². The molecule has 0 unspecified atom stereocenters. The molecule has 0 heterocycles. The normalized spacial score (nSPS) is 10.9. The van der Waals surface area contributed by atoms with Gasteiger partial charge in [0, 0.05) is 11.1 Å². The van der Waals surface area contributed by atoms with Gasteiger partial charge in [0.15, 0.2) is 0 Å². The summed E-state index contributed by atoms with van der Waals surface area (Å²) >= 11 is 0. The van der Waals surface area contributed by atoms with E-state index in [4.69, 9.17) is 11.2 Å². The van der Waals surface area contributed by atoms with Crippen LogP contribution in [0.15, 0.2) is 42.5 Å². The fraction of sp³-hybridized carbons (Fsp3) is 0.125. The summed E-state index contributed by atoms with van der Waals surface area (Å²) in [5.41, 5.74) is 1.19. The summed E-state index contributed by atoms with van der Waals surface area (Å²) in [6, 6.07) is 10.4. The average Bonchev–Trinajstić information content (AvgIpc) is 2.45. The first-order chi connectivity index (χ1) is 9.45. The van der Waals surface area contributed by atoms with E-state index >= 15 is 0 Å². The first-order valence-corrected chi connectivity index (χ1v) is 5.78. The van der Waals surface area contributed by atoms with Crippen molar-refractivity contribution in [2.75, 3.05) is 7.11 Å². The Bertz CT molecular complexity index is 666. The molecule has 0 aliphatic rings. The molecule has 0 aliphatic carbocycles. The highest BCUT2D eigenvalue weighted by Gasteiger charge is 2.31. The van der Waals surface area contributed by atoms with Crippen molar-refractivity contribution in [1.82, 2.24) is 0 Å². The van der Waals surface area contributed by atoms with Crippen LogP contribution in [0.3, 0.4) is 0 Å². The second kappa shape index (κ2) is 5.30. The summed E-state index contributed by atoms with van der Waals surface area (Å²) < 4.78 is 43.1. The largest absolute Gasteiger partial charge is 0.496 e. The van der Waals surface area contributed by atoms with Crippen LogP contribution in [0.1, 0.15) is 11.1 Å². The number of terminal acetylenes is 1. The lowest BCUT2D eigenvalue weighted by Crippen LogP contribution is -2.05. The standard InChI is InChI=1S/C16H11F3O/c1-3-11-5-4-6-12(9-11)14-8-7-13(16(17,18)19)10-15(14)20-2/h1,4-10H,2H3. The molecular weight excluding hydrogens is 265 g/mol. The van der Waals surface area contributed by atoms with Crippen molar-refractivity contribution < 1.29 is 17.9 Å². The minimum absolute atomic E-state index is 0.161. The van der Waals surface area contributed by atoms with Crippen LogP contribution in [0.5, 0.6) is 5.75 Å². The monoisotopic (exact) mass is 276 g/mol. The van der Waals surface area contributed by atoms with Crippen LogP contribution < -0.4 is 4.74 Å². The SMILES string of the molecule is C#Cc1cccc(-c2ccc(C(F)(F)F)cc2OC)c1. The summed E-state index contributed by atoms with van der Waals surface area (Å²) in [5, 5.41) is 0. The molecular formula is C16H11F3O. The van der Waals surface area contributed by atoms with E-state index in [2.05, 4.69) is 5.92 Å². The van der Waals surface area contributed by atoms with E-state index in [1.807, 2.05) is 0 Å². The average molecular weight is 276 g/mol. The molecule has 0 aromatic heterocycles. The minimum atomic E-state index is -4.40. The number of hydrogen-bond acceptors (Lipinski definition) is 1. The first-order valence-electron chi connectivity index (χ1n) is 5.78. The van der Waals surface area contributed by atoms with E-state index in [9.17, 15) is 13.2 Å². The summed E-state index contributed by atoms with van der Waals surface area (Å²) in [4.78, 5) is 0. The molecule has 0 bridgehead atoms. The van der Waals surface area contributed by atoms with Gasteiger partial charge in [-0.2, -0.15) is 13.2 Å². The highest BCUT2D eigenvalue weighted by molar-refractivity contribution is 5.72. The van der Waals surface area contributed by atoms with Crippen LogP contribution in [-0.4, -0.2) is 7.11 Å². The van der Waals surface area contributed by atoms with Gasteiger partial charge in [0.25, 0.3) is 0 Å². The van der Waals surface area contributed by atoms with E-state index in [0.29, 0.717) is 16.7 Å². The Kier molecular flexibility index (Phi) is 3.71. The van der Waals surface area contributed by atoms with E-state index in [-0.39, 0.29) is 5.75 Å². The van der Waals surface area contributed by atoms with Crippen LogP contribution in [0, 0.1) is 12.3 Å². The lowest BCUT2D eigenvalue weighted by atomic mass is 10.0. The Morgan fingerprint density at radius 1 is 1.10 bits per heavy atom. The molecule has 0 saturated carbocycles. The van der Waals surface area contributed by atoms with Crippen molar-refractivity contribution in [3.05, 3.63) is 53.6 Å². The summed E-state index contributed by atoms with van der Waals surface area (Å²) in [7, 11) is 1.34. The van der Waals surface area contributed by atoms with Crippen molar-refractivity contribution in [2.45, 2.75) is 6.18 Å². The van der Waals surface area contributed by atoms with Crippen molar-refractivity contribution in [3.8, 4) is 29.2 Å². The highest BCUT2D eigenvalue weighted by Crippen LogP contribution is 2.37. The molecule has 2 aromatic rings.